The Morgan fingerprint density at radius 2 is 0.746 bits per heavy atom. The monoisotopic (exact) mass is 888 g/mol. The number of nitrogens with one attached hydrogen (secondary N) is 1. The molecule has 0 aromatic rings. The van der Waals surface area contributed by atoms with Gasteiger partial charge in [-0.25, -0.2) is 0 Å². The summed E-state index contributed by atoms with van der Waals surface area (Å²) in [6.07, 6.45) is 63.4. The first kappa shape index (κ1) is 61.3. The fourth-order valence-electron chi connectivity index (χ4n) is 8.63. The maximum absolute atomic E-state index is 12.5. The number of amides is 1. The van der Waals surface area contributed by atoms with Crippen LogP contribution in [0.4, 0.5) is 0 Å². The van der Waals surface area contributed by atoms with Crippen LogP contribution in [-0.2, 0) is 14.3 Å². The average Bonchev–Trinajstić information content (AvgIpc) is 3.28. The Morgan fingerprint density at radius 3 is 1.13 bits per heavy atom. The van der Waals surface area contributed by atoms with Gasteiger partial charge in [0, 0.05) is 12.8 Å². The molecular formula is C57H109NO5. The number of carbonyl (C=O) groups is 2. The highest BCUT2D eigenvalue weighted by Crippen LogP contribution is 2.17. The van der Waals surface area contributed by atoms with E-state index in [9.17, 15) is 19.8 Å². The van der Waals surface area contributed by atoms with Gasteiger partial charge in [0.1, 0.15) is 0 Å². The second-order valence-electron chi connectivity index (χ2n) is 19.3. The van der Waals surface area contributed by atoms with E-state index in [1.807, 2.05) is 6.08 Å². The Bertz CT molecular complexity index is 982. The number of unbranched alkanes of at least 4 members (excludes halogenated alkanes) is 39. The van der Waals surface area contributed by atoms with Gasteiger partial charge in [-0.3, -0.25) is 9.59 Å². The molecule has 3 N–H and O–H groups in total. The summed E-state index contributed by atoms with van der Waals surface area (Å²) in [4.78, 5) is 24.5. The molecule has 372 valence electrons. The van der Waals surface area contributed by atoms with E-state index < -0.39 is 12.1 Å². The van der Waals surface area contributed by atoms with Gasteiger partial charge in [-0.1, -0.05) is 256 Å². The zero-order chi connectivity index (χ0) is 45.8. The molecule has 0 fully saturated rings. The number of esters is 1. The van der Waals surface area contributed by atoms with Crippen molar-refractivity contribution in [2.45, 2.75) is 315 Å². The summed E-state index contributed by atoms with van der Waals surface area (Å²) in [5.74, 6) is -0.126. The third kappa shape index (κ3) is 49.6. The average molecular weight is 889 g/mol. The number of allylic oxidation sites excluding steroid dienone is 3. The van der Waals surface area contributed by atoms with Crippen LogP contribution < -0.4 is 5.32 Å². The number of carbonyl (C=O) groups excluding carboxylic acids is 2. The molecule has 2 unspecified atom stereocenters. The highest BCUT2D eigenvalue weighted by molar-refractivity contribution is 5.76. The maximum Gasteiger partial charge on any atom is 0.305 e. The number of rotatable bonds is 52. The van der Waals surface area contributed by atoms with Crippen molar-refractivity contribution in [1.29, 1.82) is 0 Å². The van der Waals surface area contributed by atoms with Crippen molar-refractivity contribution >= 4 is 11.9 Å². The van der Waals surface area contributed by atoms with Crippen molar-refractivity contribution in [3.63, 3.8) is 0 Å². The van der Waals surface area contributed by atoms with Crippen LogP contribution >= 0.6 is 0 Å². The summed E-state index contributed by atoms with van der Waals surface area (Å²) in [7, 11) is 0. The molecule has 1 amide bonds. The fourth-order valence-corrected chi connectivity index (χ4v) is 8.63. The van der Waals surface area contributed by atoms with Gasteiger partial charge in [0.05, 0.1) is 25.4 Å². The Hall–Kier alpha value is -1.66. The van der Waals surface area contributed by atoms with Crippen LogP contribution in [0.15, 0.2) is 24.3 Å². The Kier molecular flexibility index (Phi) is 51.6. The normalized spacial score (nSPS) is 12.8. The smallest absolute Gasteiger partial charge is 0.305 e. The molecule has 0 bridgehead atoms. The molecule has 2 atom stereocenters. The zero-order valence-corrected chi connectivity index (χ0v) is 42.3. The van der Waals surface area contributed by atoms with Crippen molar-refractivity contribution < 1.29 is 24.5 Å². The molecule has 0 aromatic heterocycles. The number of aliphatic hydroxyl groups is 2. The molecule has 0 saturated heterocycles. The number of hydrogen-bond donors (Lipinski definition) is 3. The molecule has 0 aromatic carbocycles. The lowest BCUT2D eigenvalue weighted by atomic mass is 10.0. The van der Waals surface area contributed by atoms with Crippen molar-refractivity contribution in [3.8, 4) is 0 Å². The molecular weight excluding hydrogens is 779 g/mol. The van der Waals surface area contributed by atoms with Gasteiger partial charge in [0.2, 0.25) is 5.91 Å². The molecule has 0 heterocycles. The molecule has 0 radical (unpaired) electrons. The van der Waals surface area contributed by atoms with Crippen LogP contribution in [-0.4, -0.2) is 47.4 Å². The second-order valence-corrected chi connectivity index (χ2v) is 19.3. The van der Waals surface area contributed by atoms with E-state index in [1.165, 1.54) is 193 Å². The predicted octanol–water partition coefficient (Wildman–Crippen LogP) is 17.1. The Balaban J connectivity index is 3.54. The van der Waals surface area contributed by atoms with E-state index in [-0.39, 0.29) is 18.5 Å². The highest BCUT2D eigenvalue weighted by Gasteiger charge is 2.18. The molecule has 0 aliphatic carbocycles. The molecule has 6 heteroatoms. The third-order valence-electron chi connectivity index (χ3n) is 13.0. The summed E-state index contributed by atoms with van der Waals surface area (Å²) >= 11 is 0. The molecule has 6 nitrogen and oxygen atoms in total. The number of hydrogen-bond acceptors (Lipinski definition) is 5. The first-order valence-corrected chi connectivity index (χ1v) is 28.1. The van der Waals surface area contributed by atoms with Gasteiger partial charge >= 0.3 is 5.97 Å². The zero-order valence-electron chi connectivity index (χ0n) is 42.3. The minimum atomic E-state index is -0.863. The Labute approximate surface area is 392 Å². The van der Waals surface area contributed by atoms with Crippen LogP contribution in [0.3, 0.4) is 0 Å². The van der Waals surface area contributed by atoms with E-state index in [2.05, 4.69) is 31.3 Å². The van der Waals surface area contributed by atoms with Crippen molar-refractivity contribution in [2.75, 3.05) is 13.2 Å². The molecule has 0 rings (SSSR count). The van der Waals surface area contributed by atoms with Crippen LogP contribution in [0.1, 0.15) is 303 Å². The van der Waals surface area contributed by atoms with Gasteiger partial charge in [-0.05, 0) is 57.8 Å². The minimum absolute atomic E-state index is 0.0319. The quantitative estimate of drug-likeness (QED) is 0.0321. The number of ether oxygens (including phenoxy) is 1. The van der Waals surface area contributed by atoms with Crippen LogP contribution in [0, 0.1) is 0 Å². The number of aliphatic hydroxyl groups excluding tert-OH is 2. The molecule has 0 spiro atoms. The molecule has 0 saturated carbocycles. The van der Waals surface area contributed by atoms with Crippen molar-refractivity contribution in [2.24, 2.45) is 0 Å². The fraction of sp³-hybridized carbons (Fsp3) is 0.895. The molecule has 0 aliphatic heterocycles. The van der Waals surface area contributed by atoms with Gasteiger partial charge in [0.25, 0.3) is 0 Å². The van der Waals surface area contributed by atoms with Gasteiger partial charge in [0.15, 0.2) is 0 Å². The summed E-state index contributed by atoms with van der Waals surface area (Å²) < 4.78 is 5.43. The SMILES string of the molecule is CCCCCCCCCCCCCCCCCCCCCCC/C=C/C(O)C(CO)NC(=O)CCCCCCC/C=C\CCCCOC(=O)CCCCCCCCCCCCCC. The van der Waals surface area contributed by atoms with E-state index in [0.717, 1.165) is 83.5 Å². The van der Waals surface area contributed by atoms with Crippen LogP contribution in [0.5, 0.6) is 0 Å². The van der Waals surface area contributed by atoms with Gasteiger partial charge in [-0.2, -0.15) is 0 Å². The van der Waals surface area contributed by atoms with Crippen molar-refractivity contribution in [3.05, 3.63) is 24.3 Å². The molecule has 63 heavy (non-hydrogen) atoms. The lowest BCUT2D eigenvalue weighted by Crippen LogP contribution is -2.45. The Morgan fingerprint density at radius 1 is 0.429 bits per heavy atom. The summed E-state index contributed by atoms with van der Waals surface area (Å²) in [5, 5.41) is 23.1. The summed E-state index contributed by atoms with van der Waals surface area (Å²) in [6, 6.07) is -0.649. The van der Waals surface area contributed by atoms with Gasteiger partial charge in [-0.15, -0.1) is 0 Å². The van der Waals surface area contributed by atoms with E-state index >= 15 is 0 Å². The van der Waals surface area contributed by atoms with E-state index in [1.54, 1.807) is 6.08 Å². The largest absolute Gasteiger partial charge is 0.466 e. The van der Waals surface area contributed by atoms with Crippen LogP contribution in [0.2, 0.25) is 0 Å². The first-order valence-electron chi connectivity index (χ1n) is 28.1. The topological polar surface area (TPSA) is 95.9 Å². The summed E-state index contributed by atoms with van der Waals surface area (Å²) in [5.41, 5.74) is 0. The van der Waals surface area contributed by atoms with Crippen molar-refractivity contribution in [1.82, 2.24) is 5.32 Å². The summed E-state index contributed by atoms with van der Waals surface area (Å²) in [6.45, 7) is 4.84. The standard InChI is InChI=1S/C57H109NO5/c1-3-5-7-9-11-13-15-17-18-19-20-21-22-23-24-25-26-27-29-33-37-41-45-49-55(60)54(53-59)58-56(61)50-46-42-38-34-30-28-32-36-40-44-48-52-63-57(62)51-47-43-39-35-31-16-14-12-10-8-6-4-2/h32,36,45,49,54-55,59-60H,3-31,33-35,37-44,46-48,50-53H2,1-2H3,(H,58,61)/b36-32-,49-45+. The maximum atomic E-state index is 12.5. The third-order valence-corrected chi connectivity index (χ3v) is 13.0. The predicted molar refractivity (Wildman–Crippen MR) is 273 cm³/mol. The van der Waals surface area contributed by atoms with E-state index in [4.69, 9.17) is 4.74 Å². The second kappa shape index (κ2) is 53.0. The van der Waals surface area contributed by atoms with Crippen LogP contribution in [0.25, 0.3) is 0 Å². The highest BCUT2D eigenvalue weighted by atomic mass is 16.5. The van der Waals surface area contributed by atoms with Gasteiger partial charge < -0.3 is 20.3 Å². The first-order chi connectivity index (χ1) is 31.0. The lowest BCUT2D eigenvalue weighted by Gasteiger charge is -2.20. The molecule has 0 aliphatic rings. The lowest BCUT2D eigenvalue weighted by molar-refractivity contribution is -0.143. The minimum Gasteiger partial charge on any atom is -0.466 e. The van der Waals surface area contributed by atoms with E-state index in [0.29, 0.717) is 19.4 Å².